The van der Waals surface area contributed by atoms with Crippen molar-refractivity contribution in [1.29, 1.82) is 0 Å². The Morgan fingerprint density at radius 3 is 2.96 bits per heavy atom. The number of hydrogen-bond donors (Lipinski definition) is 1. The standard InChI is InChI=1S/C17H17N3O2S2/c1-17-8-7-14(21)20(17)13(10-24-17)15(22)19-16-18-12(9-23-16)11-5-3-2-4-6-11/h2-6,9,13H,7-8,10H2,1H3,(H,18,19,22)/t13-,17+/m1/s1. The number of rotatable bonds is 3. The topological polar surface area (TPSA) is 62.3 Å². The highest BCUT2D eigenvalue weighted by Crippen LogP contribution is 2.47. The molecule has 0 aliphatic carbocycles. The van der Waals surface area contributed by atoms with Gasteiger partial charge in [0.05, 0.1) is 10.6 Å². The number of aromatic nitrogens is 1. The van der Waals surface area contributed by atoms with Crippen molar-refractivity contribution in [2.45, 2.75) is 30.7 Å². The number of nitrogens with zero attached hydrogens (tertiary/aromatic N) is 2. The first-order valence-electron chi connectivity index (χ1n) is 7.85. The summed E-state index contributed by atoms with van der Waals surface area (Å²) in [6, 6.07) is 9.45. The van der Waals surface area contributed by atoms with Gasteiger partial charge in [-0.1, -0.05) is 30.3 Å². The zero-order chi connectivity index (χ0) is 16.7. The zero-order valence-corrected chi connectivity index (χ0v) is 14.8. The summed E-state index contributed by atoms with van der Waals surface area (Å²) >= 11 is 3.10. The smallest absolute Gasteiger partial charge is 0.249 e. The van der Waals surface area contributed by atoms with Gasteiger partial charge in [-0.15, -0.1) is 23.1 Å². The lowest BCUT2D eigenvalue weighted by atomic mass is 10.2. The fraction of sp³-hybridized carbons (Fsp3) is 0.353. The van der Waals surface area contributed by atoms with Crippen LogP contribution in [0, 0.1) is 0 Å². The molecule has 5 nitrogen and oxygen atoms in total. The Morgan fingerprint density at radius 2 is 2.17 bits per heavy atom. The first-order valence-corrected chi connectivity index (χ1v) is 9.71. The fourth-order valence-corrected chi connectivity index (χ4v) is 5.43. The molecule has 7 heteroatoms. The highest BCUT2D eigenvalue weighted by molar-refractivity contribution is 8.01. The molecule has 2 aliphatic heterocycles. The van der Waals surface area contributed by atoms with Crippen molar-refractivity contribution in [3.8, 4) is 11.3 Å². The maximum absolute atomic E-state index is 12.6. The Balaban J connectivity index is 1.49. The Kier molecular flexibility index (Phi) is 3.85. The number of thiazole rings is 1. The van der Waals surface area contributed by atoms with Gasteiger partial charge in [0.15, 0.2) is 5.13 Å². The van der Waals surface area contributed by atoms with Crippen LogP contribution >= 0.6 is 23.1 Å². The Labute approximate surface area is 148 Å². The van der Waals surface area contributed by atoms with Gasteiger partial charge in [-0.2, -0.15) is 0 Å². The highest BCUT2D eigenvalue weighted by Gasteiger charge is 2.52. The monoisotopic (exact) mass is 359 g/mol. The van der Waals surface area contributed by atoms with Crippen molar-refractivity contribution in [1.82, 2.24) is 9.88 Å². The number of carbonyl (C=O) groups excluding carboxylic acids is 2. The van der Waals surface area contributed by atoms with Crippen LogP contribution < -0.4 is 5.32 Å². The molecule has 0 spiro atoms. The number of benzene rings is 1. The molecule has 124 valence electrons. The number of hydrogen-bond acceptors (Lipinski definition) is 5. The van der Waals surface area contributed by atoms with E-state index < -0.39 is 6.04 Å². The largest absolute Gasteiger partial charge is 0.315 e. The molecule has 1 aromatic heterocycles. The summed E-state index contributed by atoms with van der Waals surface area (Å²) < 4.78 is 0. The van der Waals surface area contributed by atoms with Crippen molar-refractivity contribution in [3.05, 3.63) is 35.7 Å². The molecular formula is C17H17N3O2S2. The van der Waals surface area contributed by atoms with Gasteiger partial charge in [-0.3, -0.25) is 9.59 Å². The van der Waals surface area contributed by atoms with E-state index in [4.69, 9.17) is 0 Å². The summed E-state index contributed by atoms with van der Waals surface area (Å²) in [5.74, 6) is 0.576. The fourth-order valence-electron chi connectivity index (χ4n) is 3.28. The van der Waals surface area contributed by atoms with E-state index in [9.17, 15) is 9.59 Å². The summed E-state index contributed by atoms with van der Waals surface area (Å²) in [5.41, 5.74) is 1.87. The first-order chi connectivity index (χ1) is 11.6. The van der Waals surface area contributed by atoms with Gasteiger partial charge in [0.1, 0.15) is 6.04 Å². The molecule has 24 heavy (non-hydrogen) atoms. The van der Waals surface area contributed by atoms with Gasteiger partial charge in [-0.25, -0.2) is 4.98 Å². The van der Waals surface area contributed by atoms with Crippen LogP contribution in [0.3, 0.4) is 0 Å². The number of thioether (sulfide) groups is 1. The molecule has 2 aliphatic rings. The summed E-state index contributed by atoms with van der Waals surface area (Å²) in [6.07, 6.45) is 1.35. The van der Waals surface area contributed by atoms with Crippen molar-refractivity contribution < 1.29 is 9.59 Å². The van der Waals surface area contributed by atoms with Gasteiger partial charge in [0, 0.05) is 23.1 Å². The van der Waals surface area contributed by atoms with E-state index in [1.54, 1.807) is 16.7 Å². The van der Waals surface area contributed by atoms with Crippen LogP contribution in [0.5, 0.6) is 0 Å². The molecular weight excluding hydrogens is 342 g/mol. The molecule has 2 atom stereocenters. The second kappa shape index (κ2) is 5.89. The molecule has 2 fully saturated rings. The minimum atomic E-state index is -0.404. The molecule has 1 aromatic carbocycles. The zero-order valence-electron chi connectivity index (χ0n) is 13.2. The van der Waals surface area contributed by atoms with E-state index in [2.05, 4.69) is 10.3 Å². The normalized spacial score (nSPS) is 25.8. The molecule has 0 saturated carbocycles. The number of fused-ring (bicyclic) bond motifs is 1. The summed E-state index contributed by atoms with van der Waals surface area (Å²) in [7, 11) is 0. The minimum absolute atomic E-state index is 0.0757. The second-order valence-corrected chi connectivity index (χ2v) is 8.52. The lowest BCUT2D eigenvalue weighted by Crippen LogP contribution is -2.48. The lowest BCUT2D eigenvalue weighted by Gasteiger charge is -2.29. The average molecular weight is 359 g/mol. The van der Waals surface area contributed by atoms with E-state index in [1.807, 2.05) is 42.6 Å². The predicted octanol–water partition coefficient (Wildman–Crippen LogP) is 3.20. The van der Waals surface area contributed by atoms with Gasteiger partial charge < -0.3 is 10.2 Å². The number of nitrogens with one attached hydrogen (secondary N) is 1. The minimum Gasteiger partial charge on any atom is -0.315 e. The average Bonchev–Trinajstić information content (AvgIpc) is 3.25. The van der Waals surface area contributed by atoms with Crippen molar-refractivity contribution >= 4 is 40.0 Å². The Hall–Kier alpha value is -1.86. The SMILES string of the molecule is C[C@]12CCC(=O)N1[C@@H](C(=O)Nc1nc(-c3ccccc3)cs1)CS2. The second-order valence-electron chi connectivity index (χ2n) is 6.16. The first kappa shape index (κ1) is 15.7. The van der Waals surface area contributed by atoms with Crippen LogP contribution in [0.25, 0.3) is 11.3 Å². The molecule has 0 unspecified atom stereocenters. The van der Waals surface area contributed by atoms with Crippen LogP contribution in [-0.4, -0.2) is 38.4 Å². The van der Waals surface area contributed by atoms with E-state index in [1.165, 1.54) is 11.3 Å². The van der Waals surface area contributed by atoms with Crippen molar-refractivity contribution in [2.75, 3.05) is 11.1 Å². The van der Waals surface area contributed by atoms with E-state index >= 15 is 0 Å². The third-order valence-electron chi connectivity index (χ3n) is 4.55. The van der Waals surface area contributed by atoms with E-state index in [0.29, 0.717) is 17.3 Å². The van der Waals surface area contributed by atoms with Gasteiger partial charge in [-0.05, 0) is 13.3 Å². The Morgan fingerprint density at radius 1 is 1.38 bits per heavy atom. The molecule has 2 saturated heterocycles. The van der Waals surface area contributed by atoms with E-state index in [-0.39, 0.29) is 16.7 Å². The molecule has 4 rings (SSSR count). The van der Waals surface area contributed by atoms with Crippen molar-refractivity contribution in [2.24, 2.45) is 0 Å². The highest BCUT2D eigenvalue weighted by atomic mass is 32.2. The maximum atomic E-state index is 12.6. The molecule has 0 radical (unpaired) electrons. The summed E-state index contributed by atoms with van der Waals surface area (Å²) in [4.78, 5) is 30.8. The molecule has 1 N–H and O–H groups in total. The van der Waals surface area contributed by atoms with Crippen LogP contribution in [0.2, 0.25) is 0 Å². The quantitative estimate of drug-likeness (QED) is 0.914. The summed E-state index contributed by atoms with van der Waals surface area (Å²) in [5, 5.41) is 5.39. The van der Waals surface area contributed by atoms with Gasteiger partial charge in [0.25, 0.3) is 0 Å². The predicted molar refractivity (Wildman–Crippen MR) is 96.9 cm³/mol. The summed E-state index contributed by atoms with van der Waals surface area (Å²) in [6.45, 7) is 2.05. The molecule has 3 heterocycles. The van der Waals surface area contributed by atoms with Crippen LogP contribution in [0.15, 0.2) is 35.7 Å². The third kappa shape index (κ3) is 2.61. The third-order valence-corrected chi connectivity index (χ3v) is 6.81. The van der Waals surface area contributed by atoms with Gasteiger partial charge in [0.2, 0.25) is 11.8 Å². The molecule has 2 amide bonds. The maximum Gasteiger partial charge on any atom is 0.249 e. The number of amides is 2. The number of carbonyl (C=O) groups is 2. The molecule has 2 aromatic rings. The number of anilines is 1. The van der Waals surface area contributed by atoms with Crippen LogP contribution in [0.4, 0.5) is 5.13 Å². The van der Waals surface area contributed by atoms with Gasteiger partial charge >= 0.3 is 0 Å². The van der Waals surface area contributed by atoms with Crippen LogP contribution in [-0.2, 0) is 9.59 Å². The van der Waals surface area contributed by atoms with E-state index in [0.717, 1.165) is 17.7 Å². The van der Waals surface area contributed by atoms with Crippen LogP contribution in [0.1, 0.15) is 19.8 Å². The Bertz CT molecular complexity index is 792. The lowest BCUT2D eigenvalue weighted by molar-refractivity contribution is -0.135. The molecule has 0 bridgehead atoms. The van der Waals surface area contributed by atoms with Crippen molar-refractivity contribution in [3.63, 3.8) is 0 Å².